The molecule has 1 N–H and O–H groups in total. The van der Waals surface area contributed by atoms with Crippen LogP contribution in [0.5, 0.6) is 0 Å². The molecule has 2 aliphatic rings. The number of hydrogen-bond acceptors (Lipinski definition) is 4. The van der Waals surface area contributed by atoms with Crippen molar-refractivity contribution in [3.05, 3.63) is 59.7 Å². The molecule has 0 aromatic heterocycles. The van der Waals surface area contributed by atoms with Gasteiger partial charge in [-0.05, 0) is 48.6 Å². The minimum atomic E-state index is -3.22. The highest BCUT2D eigenvalue weighted by Crippen LogP contribution is 2.42. The molecule has 0 saturated carbocycles. The van der Waals surface area contributed by atoms with E-state index in [2.05, 4.69) is 54.3 Å². The third-order valence-electron chi connectivity index (χ3n) is 6.55. The van der Waals surface area contributed by atoms with Crippen molar-refractivity contribution in [3.63, 3.8) is 0 Å². The van der Waals surface area contributed by atoms with Crippen LogP contribution < -0.4 is 0 Å². The Labute approximate surface area is 174 Å². The van der Waals surface area contributed by atoms with Gasteiger partial charge in [0.2, 0.25) is 10.0 Å². The molecule has 0 radical (unpaired) electrons. The van der Waals surface area contributed by atoms with Gasteiger partial charge in [-0.1, -0.05) is 48.5 Å². The highest BCUT2D eigenvalue weighted by molar-refractivity contribution is 7.88. The molecular weight excluding hydrogens is 384 g/mol. The van der Waals surface area contributed by atoms with Crippen molar-refractivity contribution < 1.29 is 13.5 Å². The van der Waals surface area contributed by atoms with E-state index in [0.717, 1.165) is 19.4 Å². The standard InChI is InChI=1S/C23H30N2O3S/c1-17-7-3-4-8-20(17)18-9-11-19(12-10-18)23-21-15-24(29(2,27)28)13-5-6-14-25(21)22(23)16-26/h3-4,7-12,21-23,26H,5-6,13-16H2,1-2H3/t21-,22-,23+/m1/s1. The van der Waals surface area contributed by atoms with Crippen molar-refractivity contribution >= 4 is 10.0 Å². The van der Waals surface area contributed by atoms with Crippen LogP contribution in [0.3, 0.4) is 0 Å². The maximum Gasteiger partial charge on any atom is 0.211 e. The van der Waals surface area contributed by atoms with Crippen LogP contribution in [0.4, 0.5) is 0 Å². The summed E-state index contributed by atoms with van der Waals surface area (Å²) >= 11 is 0. The Bertz CT molecular complexity index is 958. The summed E-state index contributed by atoms with van der Waals surface area (Å²) in [4.78, 5) is 2.30. The quantitative estimate of drug-likeness (QED) is 0.836. The molecule has 2 aromatic rings. The number of aliphatic hydroxyl groups excluding tert-OH is 1. The summed E-state index contributed by atoms with van der Waals surface area (Å²) in [6, 6.07) is 17.1. The minimum Gasteiger partial charge on any atom is -0.395 e. The second kappa shape index (κ2) is 8.19. The van der Waals surface area contributed by atoms with E-state index in [9.17, 15) is 13.5 Å². The SMILES string of the molecule is Cc1ccccc1-c1ccc([C@@H]2[C@@H](CO)N3CCCCN(S(C)(=O)=O)C[C@H]23)cc1. The lowest BCUT2D eigenvalue weighted by atomic mass is 9.74. The zero-order valence-electron chi connectivity index (χ0n) is 17.2. The monoisotopic (exact) mass is 414 g/mol. The highest BCUT2D eigenvalue weighted by atomic mass is 32.2. The fourth-order valence-electron chi connectivity index (χ4n) is 4.99. The van der Waals surface area contributed by atoms with Crippen LogP contribution in [0.25, 0.3) is 11.1 Å². The van der Waals surface area contributed by atoms with Gasteiger partial charge in [-0.2, -0.15) is 0 Å². The van der Waals surface area contributed by atoms with Crippen LogP contribution in [-0.2, 0) is 10.0 Å². The summed E-state index contributed by atoms with van der Waals surface area (Å²) in [5, 5.41) is 10.0. The summed E-state index contributed by atoms with van der Waals surface area (Å²) in [5.74, 6) is 0.147. The Morgan fingerprint density at radius 1 is 1.03 bits per heavy atom. The Morgan fingerprint density at radius 3 is 2.38 bits per heavy atom. The predicted molar refractivity (Wildman–Crippen MR) is 116 cm³/mol. The van der Waals surface area contributed by atoms with Crippen molar-refractivity contribution in [1.29, 1.82) is 0 Å². The Hall–Kier alpha value is -1.73. The lowest BCUT2D eigenvalue weighted by Crippen LogP contribution is -2.67. The molecule has 2 saturated heterocycles. The molecule has 5 nitrogen and oxygen atoms in total. The summed E-state index contributed by atoms with van der Waals surface area (Å²) in [6.07, 6.45) is 3.12. The van der Waals surface area contributed by atoms with E-state index in [1.807, 2.05) is 6.07 Å². The largest absolute Gasteiger partial charge is 0.395 e. The van der Waals surface area contributed by atoms with Crippen LogP contribution in [0.2, 0.25) is 0 Å². The van der Waals surface area contributed by atoms with E-state index in [4.69, 9.17) is 0 Å². The average molecular weight is 415 g/mol. The molecule has 2 heterocycles. The number of hydrogen-bond donors (Lipinski definition) is 1. The molecule has 2 fully saturated rings. The molecule has 156 valence electrons. The van der Waals surface area contributed by atoms with E-state index in [1.54, 1.807) is 4.31 Å². The third kappa shape index (κ3) is 3.99. The van der Waals surface area contributed by atoms with Gasteiger partial charge >= 0.3 is 0 Å². The van der Waals surface area contributed by atoms with Crippen molar-refractivity contribution in [2.24, 2.45) is 0 Å². The van der Waals surface area contributed by atoms with Gasteiger partial charge in [0.1, 0.15) is 0 Å². The van der Waals surface area contributed by atoms with Gasteiger partial charge in [-0.15, -0.1) is 0 Å². The lowest BCUT2D eigenvalue weighted by molar-refractivity contribution is -0.0553. The molecule has 0 bridgehead atoms. The number of nitrogens with zero attached hydrogens (tertiary/aromatic N) is 2. The molecule has 2 aromatic carbocycles. The van der Waals surface area contributed by atoms with Crippen molar-refractivity contribution in [2.75, 3.05) is 32.5 Å². The summed E-state index contributed by atoms with van der Waals surface area (Å²) < 4.78 is 26.0. The zero-order chi connectivity index (χ0) is 20.6. The first-order chi connectivity index (χ1) is 13.9. The maximum absolute atomic E-state index is 12.2. The van der Waals surface area contributed by atoms with E-state index < -0.39 is 10.0 Å². The van der Waals surface area contributed by atoms with Crippen molar-refractivity contribution in [1.82, 2.24) is 9.21 Å². The number of aliphatic hydroxyl groups is 1. The Balaban J connectivity index is 1.61. The van der Waals surface area contributed by atoms with Gasteiger partial charge in [-0.3, -0.25) is 4.90 Å². The van der Waals surface area contributed by atoms with Crippen molar-refractivity contribution in [3.8, 4) is 11.1 Å². The fourth-order valence-corrected chi connectivity index (χ4v) is 5.88. The van der Waals surface area contributed by atoms with Gasteiger partial charge in [0.25, 0.3) is 0 Å². The molecule has 0 spiro atoms. The Morgan fingerprint density at radius 2 is 1.72 bits per heavy atom. The molecule has 4 rings (SSSR count). The van der Waals surface area contributed by atoms with Crippen LogP contribution in [0.15, 0.2) is 48.5 Å². The third-order valence-corrected chi connectivity index (χ3v) is 7.82. The predicted octanol–water partition coefficient (Wildman–Crippen LogP) is 2.85. The average Bonchev–Trinajstić information content (AvgIpc) is 2.67. The van der Waals surface area contributed by atoms with Gasteiger partial charge in [0.15, 0.2) is 0 Å². The first kappa shape index (κ1) is 20.5. The number of rotatable bonds is 4. The molecular formula is C23H30N2O3S. The second-order valence-electron chi connectivity index (χ2n) is 8.35. The van der Waals surface area contributed by atoms with Crippen LogP contribution >= 0.6 is 0 Å². The first-order valence-corrected chi connectivity index (χ1v) is 12.2. The van der Waals surface area contributed by atoms with Gasteiger partial charge in [0.05, 0.1) is 12.9 Å². The van der Waals surface area contributed by atoms with Crippen molar-refractivity contribution in [2.45, 2.75) is 37.8 Å². The molecule has 3 atom stereocenters. The molecule has 0 unspecified atom stereocenters. The second-order valence-corrected chi connectivity index (χ2v) is 10.3. The maximum atomic E-state index is 12.2. The van der Waals surface area contributed by atoms with Crippen LogP contribution in [0.1, 0.15) is 29.9 Å². The van der Waals surface area contributed by atoms with Gasteiger partial charge in [0, 0.05) is 31.1 Å². The van der Waals surface area contributed by atoms with Crippen LogP contribution in [-0.4, -0.2) is 67.3 Å². The van der Waals surface area contributed by atoms with Crippen LogP contribution in [0, 0.1) is 6.92 Å². The molecule has 29 heavy (non-hydrogen) atoms. The number of sulfonamides is 1. The van der Waals surface area contributed by atoms with E-state index in [-0.39, 0.29) is 24.6 Å². The zero-order valence-corrected chi connectivity index (χ0v) is 18.0. The topological polar surface area (TPSA) is 60.9 Å². The molecule has 6 heteroatoms. The molecule has 2 aliphatic heterocycles. The molecule has 0 aliphatic carbocycles. The summed E-state index contributed by atoms with van der Waals surface area (Å²) in [6.45, 7) is 4.22. The number of aryl methyl sites for hydroxylation is 1. The summed E-state index contributed by atoms with van der Waals surface area (Å²) in [7, 11) is -3.22. The lowest BCUT2D eigenvalue weighted by Gasteiger charge is -2.57. The van der Waals surface area contributed by atoms with E-state index in [1.165, 1.54) is 28.5 Å². The van der Waals surface area contributed by atoms with Gasteiger partial charge < -0.3 is 5.11 Å². The molecule has 0 amide bonds. The highest BCUT2D eigenvalue weighted by Gasteiger charge is 2.49. The first-order valence-electron chi connectivity index (χ1n) is 10.4. The number of benzene rings is 2. The Kier molecular flexibility index (Phi) is 5.80. The smallest absolute Gasteiger partial charge is 0.211 e. The fraction of sp³-hybridized carbons (Fsp3) is 0.478. The van der Waals surface area contributed by atoms with E-state index in [0.29, 0.717) is 13.1 Å². The minimum absolute atomic E-state index is 0.0591. The normalized spacial score (nSPS) is 26.2. The van der Waals surface area contributed by atoms with E-state index >= 15 is 0 Å². The number of fused-ring (bicyclic) bond motifs is 1. The summed E-state index contributed by atoms with van der Waals surface area (Å²) in [5.41, 5.74) is 4.82. The van der Waals surface area contributed by atoms with Gasteiger partial charge in [-0.25, -0.2) is 12.7 Å².